The first-order chi connectivity index (χ1) is 15.0. The normalized spacial score (nSPS) is 17.2. The van der Waals surface area contributed by atoms with Gasteiger partial charge in [-0.2, -0.15) is 0 Å². The van der Waals surface area contributed by atoms with E-state index in [2.05, 4.69) is 6.58 Å². The van der Waals surface area contributed by atoms with E-state index in [-0.39, 0.29) is 18.0 Å². The lowest BCUT2D eigenvalue weighted by molar-refractivity contribution is -0.165. The van der Waals surface area contributed by atoms with Crippen molar-refractivity contribution in [2.75, 3.05) is 0 Å². The number of hydrogen-bond acceptors (Lipinski definition) is 4. The first-order valence-corrected chi connectivity index (χ1v) is 11.1. The molecule has 168 valence electrons. The number of esters is 1. The van der Waals surface area contributed by atoms with Crippen molar-refractivity contribution in [3.05, 3.63) is 77.0 Å². The molecule has 1 aliphatic rings. The second kappa shape index (κ2) is 9.05. The lowest BCUT2D eigenvalue weighted by Crippen LogP contribution is -2.50. The number of aryl methyl sites for hydroxylation is 1. The van der Waals surface area contributed by atoms with Crippen LogP contribution in [0.25, 0.3) is 16.7 Å². The monoisotopic (exact) mass is 452 g/mol. The Morgan fingerprint density at radius 2 is 1.69 bits per heavy atom. The van der Waals surface area contributed by atoms with Gasteiger partial charge in [-0.15, -0.1) is 6.58 Å². The molecule has 0 saturated carbocycles. The molecule has 0 atom stereocenters. The zero-order chi connectivity index (χ0) is 23.7. The van der Waals surface area contributed by atoms with Gasteiger partial charge in [-0.3, -0.25) is 9.59 Å². The van der Waals surface area contributed by atoms with Crippen LogP contribution in [0.4, 0.5) is 0 Å². The molecular formula is C27H29ClO4. The van der Waals surface area contributed by atoms with Crippen LogP contribution in [-0.2, 0) is 25.5 Å². The van der Waals surface area contributed by atoms with Gasteiger partial charge < -0.3 is 9.47 Å². The summed E-state index contributed by atoms with van der Waals surface area (Å²) >= 11 is 6.05. The van der Waals surface area contributed by atoms with E-state index < -0.39 is 17.2 Å². The molecule has 0 aliphatic carbocycles. The smallest absolute Gasteiger partial charge is 0.314 e. The van der Waals surface area contributed by atoms with Crippen molar-refractivity contribution in [3.8, 4) is 11.1 Å². The van der Waals surface area contributed by atoms with Crippen LogP contribution in [0.1, 0.15) is 52.2 Å². The molecule has 0 spiro atoms. The predicted molar refractivity (Wildman–Crippen MR) is 128 cm³/mol. The summed E-state index contributed by atoms with van der Waals surface area (Å²) in [6.07, 6.45) is 2.22. The fourth-order valence-corrected chi connectivity index (χ4v) is 4.19. The maximum atomic E-state index is 13.6. The second-order valence-corrected chi connectivity index (χ2v) is 9.29. The van der Waals surface area contributed by atoms with Gasteiger partial charge in [-0.25, -0.2) is 0 Å². The molecule has 5 heteroatoms. The van der Waals surface area contributed by atoms with Gasteiger partial charge in [0.15, 0.2) is 11.5 Å². The van der Waals surface area contributed by atoms with E-state index in [4.69, 9.17) is 21.1 Å². The third-order valence-corrected chi connectivity index (χ3v) is 5.77. The van der Waals surface area contributed by atoms with Crippen LogP contribution >= 0.6 is 11.6 Å². The van der Waals surface area contributed by atoms with Gasteiger partial charge in [0.25, 0.3) is 0 Å². The molecule has 0 saturated heterocycles. The summed E-state index contributed by atoms with van der Waals surface area (Å²) in [7, 11) is 0. The largest absolute Gasteiger partial charge is 0.427 e. The van der Waals surface area contributed by atoms with Gasteiger partial charge in [0.05, 0.1) is 12.0 Å². The van der Waals surface area contributed by atoms with Gasteiger partial charge in [-0.1, -0.05) is 48.9 Å². The molecule has 0 aromatic heterocycles. The van der Waals surface area contributed by atoms with Crippen LogP contribution in [0.5, 0.6) is 0 Å². The molecule has 0 amide bonds. The van der Waals surface area contributed by atoms with Crippen molar-refractivity contribution in [3.63, 3.8) is 0 Å². The van der Waals surface area contributed by atoms with Crippen molar-refractivity contribution in [2.45, 2.75) is 58.7 Å². The highest BCUT2D eigenvalue weighted by Crippen LogP contribution is 2.43. The summed E-state index contributed by atoms with van der Waals surface area (Å²) in [5, 5.41) is 0.654. The van der Waals surface area contributed by atoms with Crippen LogP contribution in [-0.4, -0.2) is 23.0 Å². The maximum Gasteiger partial charge on any atom is 0.314 e. The van der Waals surface area contributed by atoms with E-state index in [0.29, 0.717) is 17.0 Å². The molecule has 1 heterocycles. The van der Waals surface area contributed by atoms with Gasteiger partial charge in [0.1, 0.15) is 11.2 Å². The van der Waals surface area contributed by atoms with Crippen molar-refractivity contribution in [1.82, 2.24) is 0 Å². The van der Waals surface area contributed by atoms with E-state index in [1.807, 2.05) is 63.2 Å². The molecule has 0 fully saturated rings. The Bertz CT molecular complexity index is 1090. The van der Waals surface area contributed by atoms with Gasteiger partial charge >= 0.3 is 5.97 Å². The van der Waals surface area contributed by atoms with E-state index >= 15 is 0 Å². The van der Waals surface area contributed by atoms with Crippen LogP contribution in [0, 0.1) is 0 Å². The standard InChI is InChI=1S/C27H29ClO4/c1-7-9-22(29)31-25-23(24(30)26(3,4)32-27(25,5)6)21-16-19(11-10-17(21)8-2)18-12-14-20(28)15-13-18/h7,10-16H,1,8-9H2,2-6H3. The second-order valence-electron chi connectivity index (χ2n) is 8.86. The number of benzene rings is 2. The Morgan fingerprint density at radius 1 is 1.06 bits per heavy atom. The Labute approximate surface area is 194 Å². The van der Waals surface area contributed by atoms with Gasteiger partial charge in [0.2, 0.25) is 0 Å². The average molecular weight is 453 g/mol. The molecule has 3 rings (SSSR count). The Hall–Kier alpha value is -2.69. The Kier molecular flexibility index (Phi) is 6.77. The number of hydrogen-bond donors (Lipinski definition) is 0. The zero-order valence-corrected chi connectivity index (χ0v) is 20.0. The van der Waals surface area contributed by atoms with Crippen LogP contribution in [0.2, 0.25) is 5.02 Å². The first kappa shape index (κ1) is 24.0. The fourth-order valence-electron chi connectivity index (χ4n) is 4.07. The summed E-state index contributed by atoms with van der Waals surface area (Å²) in [6, 6.07) is 13.6. The molecular weight excluding hydrogens is 424 g/mol. The number of halogens is 1. The van der Waals surface area contributed by atoms with E-state index in [1.54, 1.807) is 13.8 Å². The number of carbonyl (C=O) groups is 2. The predicted octanol–water partition coefficient (Wildman–Crippen LogP) is 6.56. The minimum absolute atomic E-state index is 0.0376. The highest BCUT2D eigenvalue weighted by Gasteiger charge is 2.48. The third-order valence-electron chi connectivity index (χ3n) is 5.52. The molecule has 0 radical (unpaired) electrons. The topological polar surface area (TPSA) is 52.6 Å². The minimum Gasteiger partial charge on any atom is -0.427 e. The molecule has 32 heavy (non-hydrogen) atoms. The van der Waals surface area contributed by atoms with Gasteiger partial charge in [0, 0.05) is 5.02 Å². The fraction of sp³-hybridized carbons (Fsp3) is 0.333. The number of carbonyl (C=O) groups excluding carboxylic acids is 2. The van der Waals surface area contributed by atoms with Crippen molar-refractivity contribution < 1.29 is 19.1 Å². The first-order valence-electron chi connectivity index (χ1n) is 10.7. The lowest BCUT2D eigenvalue weighted by Gasteiger charge is -2.42. The maximum absolute atomic E-state index is 13.6. The highest BCUT2D eigenvalue weighted by atomic mass is 35.5. The quantitative estimate of drug-likeness (QED) is 0.368. The van der Waals surface area contributed by atoms with Crippen LogP contribution in [0.15, 0.2) is 60.9 Å². The summed E-state index contributed by atoms with van der Waals surface area (Å²) in [5.41, 5.74) is 1.97. The van der Waals surface area contributed by atoms with E-state index in [0.717, 1.165) is 22.3 Å². The van der Waals surface area contributed by atoms with E-state index in [1.165, 1.54) is 6.08 Å². The Morgan fingerprint density at radius 3 is 2.28 bits per heavy atom. The summed E-state index contributed by atoms with van der Waals surface area (Å²) in [4.78, 5) is 26.0. The molecule has 2 aromatic carbocycles. The van der Waals surface area contributed by atoms with Crippen LogP contribution < -0.4 is 0 Å². The molecule has 0 bridgehead atoms. The van der Waals surface area contributed by atoms with E-state index in [9.17, 15) is 9.59 Å². The molecule has 1 aliphatic heterocycles. The minimum atomic E-state index is -1.07. The number of rotatable bonds is 6. The highest BCUT2D eigenvalue weighted by molar-refractivity contribution is 6.30. The zero-order valence-electron chi connectivity index (χ0n) is 19.3. The van der Waals surface area contributed by atoms with Crippen molar-refractivity contribution >= 4 is 28.9 Å². The number of ketones is 1. The summed E-state index contributed by atoms with van der Waals surface area (Å²) < 4.78 is 11.8. The summed E-state index contributed by atoms with van der Waals surface area (Å²) in [6.45, 7) is 12.7. The molecule has 4 nitrogen and oxygen atoms in total. The Balaban J connectivity index is 2.29. The van der Waals surface area contributed by atoms with Crippen molar-refractivity contribution in [2.24, 2.45) is 0 Å². The van der Waals surface area contributed by atoms with Crippen LogP contribution in [0.3, 0.4) is 0 Å². The number of Topliss-reactive ketones (excluding diaryl/α,β-unsaturated/α-hetero) is 1. The third kappa shape index (κ3) is 4.72. The lowest BCUT2D eigenvalue weighted by atomic mass is 9.80. The molecule has 0 N–H and O–H groups in total. The SMILES string of the molecule is C=CCC(=O)OC1=C(c2cc(-c3ccc(Cl)cc3)ccc2CC)C(=O)C(C)(C)OC1(C)C. The summed E-state index contributed by atoms with van der Waals surface area (Å²) in [5.74, 6) is -0.471. The van der Waals surface area contributed by atoms with Crippen molar-refractivity contribution in [1.29, 1.82) is 0 Å². The number of ether oxygens (including phenoxy) is 2. The van der Waals surface area contributed by atoms with Gasteiger partial charge in [-0.05, 0) is 74.6 Å². The molecule has 0 unspecified atom stereocenters. The average Bonchev–Trinajstić information content (AvgIpc) is 2.72. The molecule has 2 aromatic rings.